The minimum Gasteiger partial charge on any atom is -0.286 e. The van der Waals surface area contributed by atoms with Crippen LogP contribution in [0.25, 0.3) is 16.6 Å². The fraction of sp³-hybridized carbons (Fsp3) is 0. The van der Waals surface area contributed by atoms with Crippen LogP contribution >= 0.6 is 23.2 Å². The van der Waals surface area contributed by atoms with Gasteiger partial charge in [-0.1, -0.05) is 29.3 Å². The van der Waals surface area contributed by atoms with Crippen molar-refractivity contribution < 1.29 is 0 Å². The molecule has 3 aromatic rings. The highest BCUT2D eigenvalue weighted by Gasteiger charge is 2.07. The van der Waals surface area contributed by atoms with E-state index < -0.39 is 0 Å². The Balaban J connectivity index is 2.64. The maximum atomic E-state index is 8.14. The lowest BCUT2D eigenvalue weighted by Gasteiger charge is -2.06. The quantitative estimate of drug-likeness (QED) is 0.622. The Morgan fingerprint density at radius 1 is 1.18 bits per heavy atom. The zero-order valence-electron chi connectivity index (χ0n) is 8.61. The summed E-state index contributed by atoms with van der Waals surface area (Å²) >= 11 is 12.0. The molecule has 0 radical (unpaired) electrons. The first-order valence-corrected chi connectivity index (χ1v) is 5.73. The Morgan fingerprint density at radius 3 is 2.82 bits per heavy atom. The predicted molar refractivity (Wildman–Crippen MR) is 68.6 cm³/mol. The third-order valence-corrected chi connectivity index (χ3v) is 3.10. The zero-order valence-corrected chi connectivity index (χ0v) is 10.1. The summed E-state index contributed by atoms with van der Waals surface area (Å²) in [5.74, 6) is 0. The lowest BCUT2D eigenvalue weighted by Crippen LogP contribution is -2.15. The van der Waals surface area contributed by atoms with Gasteiger partial charge in [-0.05, 0) is 24.3 Å². The van der Waals surface area contributed by atoms with Crippen LogP contribution in [0.1, 0.15) is 0 Å². The maximum absolute atomic E-state index is 8.14. The molecule has 0 atom stereocenters. The van der Waals surface area contributed by atoms with Crippen molar-refractivity contribution in [1.29, 1.82) is 5.41 Å². The number of hydrogen-bond donors (Lipinski definition) is 1. The summed E-state index contributed by atoms with van der Waals surface area (Å²) in [5, 5.41) is 9.72. The number of hydrogen-bond acceptors (Lipinski definition) is 2. The minimum absolute atomic E-state index is 0.312. The summed E-state index contributed by atoms with van der Waals surface area (Å²) in [6.45, 7) is 0. The van der Waals surface area contributed by atoms with Crippen LogP contribution in [0.4, 0.5) is 0 Å². The Labute approximate surface area is 107 Å². The van der Waals surface area contributed by atoms with Gasteiger partial charge in [0.15, 0.2) is 0 Å². The first-order valence-electron chi connectivity index (χ1n) is 4.97. The van der Waals surface area contributed by atoms with Crippen LogP contribution in [0.5, 0.6) is 0 Å². The van der Waals surface area contributed by atoms with Gasteiger partial charge in [0.25, 0.3) is 0 Å². The number of aromatic nitrogens is 2. The molecule has 0 aliphatic carbocycles. The fourth-order valence-electron chi connectivity index (χ4n) is 1.84. The van der Waals surface area contributed by atoms with E-state index in [4.69, 9.17) is 28.6 Å². The molecule has 0 fully saturated rings. The van der Waals surface area contributed by atoms with E-state index in [1.807, 2.05) is 18.2 Å². The van der Waals surface area contributed by atoms with Crippen molar-refractivity contribution >= 4 is 39.8 Å². The standard InChI is InChI=1S/C12H7Cl2N3/c13-7-5-8(14)11-9(6-7)16-10-3-1-2-4-17(10)12(11)15/h1-6,15H. The second-order valence-corrected chi connectivity index (χ2v) is 4.51. The first kappa shape index (κ1) is 10.6. The van der Waals surface area contributed by atoms with E-state index in [0.29, 0.717) is 32.1 Å². The normalized spacial score (nSPS) is 11.2. The highest BCUT2D eigenvalue weighted by molar-refractivity contribution is 6.38. The van der Waals surface area contributed by atoms with Gasteiger partial charge in [-0.2, -0.15) is 0 Å². The molecule has 0 amide bonds. The molecule has 2 aromatic heterocycles. The van der Waals surface area contributed by atoms with E-state index in [1.54, 1.807) is 22.7 Å². The molecule has 0 aliphatic rings. The molecule has 5 heteroatoms. The van der Waals surface area contributed by atoms with E-state index in [1.165, 1.54) is 0 Å². The second-order valence-electron chi connectivity index (χ2n) is 3.67. The first-order chi connectivity index (χ1) is 8.16. The number of halogens is 2. The molecule has 0 saturated heterocycles. The topological polar surface area (TPSA) is 41.2 Å². The lowest BCUT2D eigenvalue weighted by molar-refractivity contribution is 1.00. The molecule has 1 aromatic carbocycles. The van der Waals surface area contributed by atoms with Crippen molar-refractivity contribution in [3.8, 4) is 0 Å². The summed E-state index contributed by atoms with van der Waals surface area (Å²) < 4.78 is 1.68. The molecule has 0 saturated carbocycles. The molecule has 2 heterocycles. The molecular formula is C12H7Cl2N3. The van der Waals surface area contributed by atoms with Crippen LogP contribution in [0.2, 0.25) is 10.0 Å². The molecule has 1 N–H and O–H groups in total. The van der Waals surface area contributed by atoms with E-state index >= 15 is 0 Å². The van der Waals surface area contributed by atoms with Gasteiger partial charge in [0.1, 0.15) is 11.1 Å². The van der Waals surface area contributed by atoms with Gasteiger partial charge >= 0.3 is 0 Å². The van der Waals surface area contributed by atoms with E-state index in [2.05, 4.69) is 4.98 Å². The lowest BCUT2D eigenvalue weighted by atomic mass is 10.2. The van der Waals surface area contributed by atoms with Crippen molar-refractivity contribution in [1.82, 2.24) is 9.38 Å². The fourth-order valence-corrected chi connectivity index (χ4v) is 2.41. The summed E-state index contributed by atoms with van der Waals surface area (Å²) in [5.41, 5.74) is 1.65. The van der Waals surface area contributed by atoms with Gasteiger partial charge in [0.05, 0.1) is 15.9 Å². The third-order valence-electron chi connectivity index (χ3n) is 2.59. The minimum atomic E-state index is 0.312. The van der Waals surface area contributed by atoms with Gasteiger partial charge in [0, 0.05) is 11.2 Å². The molecule has 3 nitrogen and oxygen atoms in total. The summed E-state index contributed by atoms with van der Waals surface area (Å²) in [7, 11) is 0. The van der Waals surface area contributed by atoms with E-state index in [9.17, 15) is 0 Å². The molecule has 0 bridgehead atoms. The average Bonchev–Trinajstić information content (AvgIpc) is 2.28. The Bertz CT molecular complexity index is 793. The second kappa shape index (κ2) is 3.72. The number of pyridine rings is 1. The van der Waals surface area contributed by atoms with Crippen LogP contribution in [-0.4, -0.2) is 9.38 Å². The Hall–Kier alpha value is -1.58. The maximum Gasteiger partial charge on any atom is 0.141 e. The van der Waals surface area contributed by atoms with Crippen LogP contribution < -0.4 is 5.49 Å². The summed E-state index contributed by atoms with van der Waals surface area (Å²) in [6, 6.07) is 8.91. The molecule has 0 spiro atoms. The molecular weight excluding hydrogens is 257 g/mol. The number of rotatable bonds is 0. The summed E-state index contributed by atoms with van der Waals surface area (Å²) in [4.78, 5) is 4.43. The van der Waals surface area contributed by atoms with Gasteiger partial charge in [-0.15, -0.1) is 0 Å². The number of fused-ring (bicyclic) bond motifs is 2. The number of nitrogens with one attached hydrogen (secondary N) is 1. The smallest absolute Gasteiger partial charge is 0.141 e. The van der Waals surface area contributed by atoms with Gasteiger partial charge in [-0.25, -0.2) is 4.98 Å². The average molecular weight is 264 g/mol. The number of nitrogens with zero attached hydrogens (tertiary/aromatic N) is 2. The third kappa shape index (κ3) is 1.59. The van der Waals surface area contributed by atoms with Crippen LogP contribution in [0.3, 0.4) is 0 Å². The predicted octanol–water partition coefficient (Wildman–Crippen LogP) is 3.27. The van der Waals surface area contributed by atoms with Crippen LogP contribution in [0.15, 0.2) is 36.5 Å². The molecule has 84 valence electrons. The van der Waals surface area contributed by atoms with E-state index in [-0.39, 0.29) is 0 Å². The largest absolute Gasteiger partial charge is 0.286 e. The van der Waals surface area contributed by atoms with Crippen molar-refractivity contribution in [2.24, 2.45) is 0 Å². The van der Waals surface area contributed by atoms with Crippen LogP contribution in [0, 0.1) is 5.41 Å². The summed E-state index contributed by atoms with van der Waals surface area (Å²) in [6.07, 6.45) is 1.79. The molecule has 0 unspecified atom stereocenters. The van der Waals surface area contributed by atoms with Crippen molar-refractivity contribution in [2.75, 3.05) is 0 Å². The zero-order chi connectivity index (χ0) is 12.0. The monoisotopic (exact) mass is 263 g/mol. The molecule has 3 rings (SSSR count). The Morgan fingerprint density at radius 2 is 2.00 bits per heavy atom. The van der Waals surface area contributed by atoms with Crippen LogP contribution in [-0.2, 0) is 0 Å². The van der Waals surface area contributed by atoms with Gasteiger partial charge in [-0.3, -0.25) is 9.81 Å². The highest BCUT2D eigenvalue weighted by Crippen LogP contribution is 2.24. The Kier molecular flexibility index (Phi) is 2.31. The SMILES string of the molecule is N=c1c2c(Cl)cc(Cl)cc2nc2ccccn12. The van der Waals surface area contributed by atoms with Crippen molar-refractivity contribution in [3.63, 3.8) is 0 Å². The van der Waals surface area contributed by atoms with Crippen molar-refractivity contribution in [2.45, 2.75) is 0 Å². The van der Waals surface area contributed by atoms with Gasteiger partial charge < -0.3 is 0 Å². The van der Waals surface area contributed by atoms with E-state index in [0.717, 1.165) is 0 Å². The molecule has 0 aliphatic heterocycles. The van der Waals surface area contributed by atoms with Gasteiger partial charge in [0.2, 0.25) is 0 Å². The van der Waals surface area contributed by atoms with Crippen molar-refractivity contribution in [3.05, 3.63) is 52.1 Å². The molecule has 17 heavy (non-hydrogen) atoms. The number of benzene rings is 1. The highest BCUT2D eigenvalue weighted by atomic mass is 35.5.